The van der Waals surface area contributed by atoms with Crippen molar-refractivity contribution in [2.75, 3.05) is 19.7 Å². The van der Waals surface area contributed by atoms with E-state index in [1.807, 2.05) is 4.90 Å². The van der Waals surface area contributed by atoms with Gasteiger partial charge in [0.05, 0.1) is 5.54 Å². The van der Waals surface area contributed by atoms with Gasteiger partial charge in [0.2, 0.25) is 5.91 Å². The summed E-state index contributed by atoms with van der Waals surface area (Å²) in [5.41, 5.74) is 2.81. The van der Waals surface area contributed by atoms with Crippen LogP contribution >= 0.6 is 0 Å². The Balaban J connectivity index is 1.18. The number of nitrogens with one attached hydrogen (secondary N) is 1. The van der Waals surface area contributed by atoms with Crippen molar-refractivity contribution in [3.63, 3.8) is 0 Å². The average Bonchev–Trinajstić information content (AvgIpc) is 3.41. The number of amides is 2. The molecule has 1 aromatic rings. The molecule has 2 heterocycles. The largest absolute Gasteiger partial charge is 0.447 e. The second kappa shape index (κ2) is 6.00. The van der Waals surface area contributed by atoms with Gasteiger partial charge in [-0.2, -0.15) is 0 Å². The molecule has 0 atom stereocenters. The van der Waals surface area contributed by atoms with E-state index in [9.17, 15) is 9.59 Å². The zero-order valence-electron chi connectivity index (χ0n) is 15.1. The van der Waals surface area contributed by atoms with Crippen LogP contribution in [-0.2, 0) is 9.53 Å². The maximum Gasteiger partial charge on any atom is 0.407 e. The molecule has 2 saturated heterocycles. The van der Waals surface area contributed by atoms with E-state index in [4.69, 9.17) is 4.74 Å². The van der Waals surface area contributed by atoms with Gasteiger partial charge in [0.1, 0.15) is 6.61 Å². The Morgan fingerprint density at radius 3 is 2.19 bits per heavy atom. The summed E-state index contributed by atoms with van der Waals surface area (Å²) in [6, 6.07) is 8.92. The van der Waals surface area contributed by atoms with E-state index in [1.54, 1.807) is 5.56 Å². The van der Waals surface area contributed by atoms with Crippen molar-refractivity contribution in [3.8, 4) is 0 Å². The molecule has 5 rings (SSSR count). The summed E-state index contributed by atoms with van der Waals surface area (Å²) in [4.78, 5) is 26.1. The van der Waals surface area contributed by atoms with Crippen molar-refractivity contribution in [1.29, 1.82) is 0 Å². The van der Waals surface area contributed by atoms with E-state index in [-0.39, 0.29) is 23.5 Å². The lowest BCUT2D eigenvalue weighted by Gasteiger charge is -2.45. The molecule has 1 aromatic carbocycles. The molecular formula is C21H26N2O3. The van der Waals surface area contributed by atoms with Gasteiger partial charge < -0.3 is 15.0 Å². The van der Waals surface area contributed by atoms with Crippen LogP contribution in [0.15, 0.2) is 24.3 Å². The quantitative estimate of drug-likeness (QED) is 0.907. The molecule has 0 bridgehead atoms. The minimum absolute atomic E-state index is 0.0484. The third kappa shape index (κ3) is 2.78. The number of cyclic esters (lactones) is 1. The standard InChI is InChI=1S/C21H26N2O3/c24-19(16-11-21(12-16)13-26-20(25)22-21)23-9-7-15(8-10-23)18-4-2-1-3-17(18)14-5-6-14/h1-4,14-16H,5-13H2,(H,22,25). The molecule has 2 saturated carbocycles. The van der Waals surface area contributed by atoms with E-state index in [2.05, 4.69) is 29.6 Å². The molecule has 0 radical (unpaired) electrons. The number of benzene rings is 1. The number of carbonyl (C=O) groups excluding carboxylic acids is 2. The number of alkyl carbamates (subject to hydrolysis) is 1. The second-order valence-corrected chi connectivity index (χ2v) is 8.59. The molecule has 2 amide bonds. The van der Waals surface area contributed by atoms with Gasteiger partial charge in [-0.1, -0.05) is 24.3 Å². The van der Waals surface area contributed by atoms with Gasteiger partial charge in [0.15, 0.2) is 0 Å². The van der Waals surface area contributed by atoms with Crippen molar-refractivity contribution >= 4 is 12.0 Å². The van der Waals surface area contributed by atoms with E-state index in [0.717, 1.165) is 44.7 Å². The van der Waals surface area contributed by atoms with Crippen molar-refractivity contribution < 1.29 is 14.3 Å². The fourth-order valence-corrected chi connectivity index (χ4v) is 5.09. The maximum absolute atomic E-state index is 12.8. The minimum Gasteiger partial charge on any atom is -0.447 e. The molecular weight excluding hydrogens is 328 g/mol. The molecule has 26 heavy (non-hydrogen) atoms. The van der Waals surface area contributed by atoms with Gasteiger partial charge in [-0.3, -0.25) is 4.79 Å². The number of likely N-dealkylation sites (tertiary alicyclic amines) is 1. The Morgan fingerprint density at radius 2 is 1.65 bits per heavy atom. The van der Waals surface area contributed by atoms with Crippen molar-refractivity contribution in [2.45, 2.75) is 55.9 Å². The summed E-state index contributed by atoms with van der Waals surface area (Å²) in [7, 11) is 0. The van der Waals surface area contributed by atoms with E-state index in [0.29, 0.717) is 12.5 Å². The fraction of sp³-hybridized carbons (Fsp3) is 0.619. The molecule has 2 aliphatic carbocycles. The van der Waals surface area contributed by atoms with Crippen molar-refractivity contribution in [2.24, 2.45) is 5.92 Å². The molecule has 2 aliphatic heterocycles. The van der Waals surface area contributed by atoms with Crippen molar-refractivity contribution in [1.82, 2.24) is 10.2 Å². The first-order valence-corrected chi connectivity index (χ1v) is 9.96. The smallest absolute Gasteiger partial charge is 0.407 e. The highest BCUT2D eigenvalue weighted by atomic mass is 16.6. The van der Waals surface area contributed by atoms with Crippen LogP contribution in [0.2, 0.25) is 0 Å². The van der Waals surface area contributed by atoms with Crippen LogP contribution < -0.4 is 5.32 Å². The molecule has 5 nitrogen and oxygen atoms in total. The van der Waals surface area contributed by atoms with Gasteiger partial charge in [0, 0.05) is 19.0 Å². The summed E-state index contributed by atoms with van der Waals surface area (Å²) in [5.74, 6) is 1.69. The molecule has 4 aliphatic rings. The first-order chi connectivity index (χ1) is 12.6. The number of carbonyl (C=O) groups is 2. The third-order valence-corrected chi connectivity index (χ3v) is 6.73. The van der Waals surface area contributed by atoms with Crippen LogP contribution in [-0.4, -0.2) is 42.1 Å². The SMILES string of the molecule is O=C1NC2(CO1)CC(C(=O)N1CCC(c3ccccc3C3CC3)CC1)C2. The zero-order chi connectivity index (χ0) is 17.7. The summed E-state index contributed by atoms with van der Waals surface area (Å²) in [5, 5.41) is 2.87. The summed E-state index contributed by atoms with van der Waals surface area (Å²) in [6.07, 6.45) is 5.89. The molecule has 4 fully saturated rings. The monoisotopic (exact) mass is 354 g/mol. The first-order valence-electron chi connectivity index (χ1n) is 9.96. The molecule has 0 aromatic heterocycles. The summed E-state index contributed by atoms with van der Waals surface area (Å²) in [6.45, 7) is 2.12. The lowest BCUT2D eigenvalue weighted by molar-refractivity contribution is -0.142. The number of rotatable bonds is 3. The van der Waals surface area contributed by atoms with Crippen LogP contribution in [0, 0.1) is 5.92 Å². The normalized spacial score (nSPS) is 31.5. The van der Waals surface area contributed by atoms with Crippen LogP contribution in [0.25, 0.3) is 0 Å². The Hall–Kier alpha value is -2.04. The fourth-order valence-electron chi connectivity index (χ4n) is 5.09. The maximum atomic E-state index is 12.8. The number of hydrogen-bond donors (Lipinski definition) is 1. The molecule has 5 heteroatoms. The molecule has 1 N–H and O–H groups in total. The Morgan fingerprint density at radius 1 is 1.04 bits per heavy atom. The number of hydrogen-bond acceptors (Lipinski definition) is 3. The topological polar surface area (TPSA) is 58.6 Å². The highest BCUT2D eigenvalue weighted by molar-refractivity contribution is 5.81. The lowest BCUT2D eigenvalue weighted by atomic mass is 9.68. The van der Waals surface area contributed by atoms with Gasteiger partial charge in [-0.05, 0) is 61.5 Å². The van der Waals surface area contributed by atoms with Gasteiger partial charge in [-0.25, -0.2) is 4.79 Å². The van der Waals surface area contributed by atoms with E-state index in [1.165, 1.54) is 18.4 Å². The number of ether oxygens (including phenoxy) is 1. The molecule has 138 valence electrons. The highest BCUT2D eigenvalue weighted by Gasteiger charge is 2.53. The van der Waals surface area contributed by atoms with Crippen LogP contribution in [0.4, 0.5) is 4.79 Å². The Labute approximate surface area is 154 Å². The van der Waals surface area contributed by atoms with Crippen LogP contribution in [0.3, 0.4) is 0 Å². The van der Waals surface area contributed by atoms with Gasteiger partial charge in [0.25, 0.3) is 0 Å². The summed E-state index contributed by atoms with van der Waals surface area (Å²) < 4.78 is 5.01. The highest BCUT2D eigenvalue weighted by Crippen LogP contribution is 2.45. The minimum atomic E-state index is -0.342. The summed E-state index contributed by atoms with van der Waals surface area (Å²) >= 11 is 0. The van der Waals surface area contributed by atoms with Crippen LogP contribution in [0.1, 0.15) is 61.5 Å². The Bertz CT molecular complexity index is 729. The number of nitrogens with zero attached hydrogens (tertiary/aromatic N) is 1. The van der Waals surface area contributed by atoms with Gasteiger partial charge in [-0.15, -0.1) is 0 Å². The lowest BCUT2D eigenvalue weighted by Crippen LogP contribution is -2.58. The average molecular weight is 354 g/mol. The predicted octanol–water partition coefficient (Wildman–Crippen LogP) is 3.16. The molecule has 1 spiro atoms. The molecule has 0 unspecified atom stereocenters. The predicted molar refractivity (Wildman–Crippen MR) is 96.9 cm³/mol. The Kier molecular flexibility index (Phi) is 3.73. The van der Waals surface area contributed by atoms with Crippen molar-refractivity contribution in [3.05, 3.63) is 35.4 Å². The third-order valence-electron chi connectivity index (χ3n) is 6.73. The van der Waals surface area contributed by atoms with E-state index >= 15 is 0 Å². The first kappa shape index (κ1) is 16.2. The van der Waals surface area contributed by atoms with Gasteiger partial charge >= 0.3 is 6.09 Å². The van der Waals surface area contributed by atoms with E-state index < -0.39 is 0 Å². The van der Waals surface area contributed by atoms with Crippen LogP contribution in [0.5, 0.6) is 0 Å². The number of piperidine rings is 1. The second-order valence-electron chi connectivity index (χ2n) is 8.59. The zero-order valence-corrected chi connectivity index (χ0v) is 15.1.